The van der Waals surface area contributed by atoms with Crippen LogP contribution in [0.15, 0.2) is 30.3 Å². The van der Waals surface area contributed by atoms with Crippen LogP contribution in [0.2, 0.25) is 0 Å². The Morgan fingerprint density at radius 3 is 2.44 bits per heavy atom. The molecule has 2 saturated heterocycles. The number of halogens is 1. The molecule has 25 heavy (non-hydrogen) atoms. The summed E-state index contributed by atoms with van der Waals surface area (Å²) in [5, 5.41) is 2.84. The number of nitrogens with zero attached hydrogens (tertiary/aromatic N) is 2. The van der Waals surface area contributed by atoms with Gasteiger partial charge < -0.3 is 15.1 Å². The van der Waals surface area contributed by atoms with E-state index in [2.05, 4.69) is 5.32 Å². The Hall–Kier alpha value is -2.11. The van der Waals surface area contributed by atoms with Crippen molar-refractivity contribution in [3.63, 3.8) is 0 Å². The highest BCUT2D eigenvalue weighted by atomic mass is 19.1. The van der Waals surface area contributed by atoms with Gasteiger partial charge in [0.1, 0.15) is 0 Å². The van der Waals surface area contributed by atoms with Gasteiger partial charge in [0.05, 0.1) is 6.54 Å². The molecule has 2 aliphatic heterocycles. The molecule has 5 nitrogen and oxygen atoms in total. The Kier molecular flexibility index (Phi) is 5.56. The molecule has 2 fully saturated rings. The van der Waals surface area contributed by atoms with Crippen molar-refractivity contribution < 1.29 is 14.0 Å². The van der Waals surface area contributed by atoms with Crippen molar-refractivity contribution in [1.29, 1.82) is 0 Å². The predicted molar refractivity (Wildman–Crippen MR) is 94.0 cm³/mol. The molecule has 2 aliphatic rings. The molecule has 0 bridgehead atoms. The largest absolute Gasteiger partial charge is 0.340 e. The van der Waals surface area contributed by atoms with Gasteiger partial charge in [-0.15, -0.1) is 0 Å². The van der Waals surface area contributed by atoms with Crippen molar-refractivity contribution in [3.05, 3.63) is 35.9 Å². The van der Waals surface area contributed by atoms with E-state index in [1.165, 1.54) is 4.90 Å². The van der Waals surface area contributed by atoms with Gasteiger partial charge in [-0.05, 0) is 37.7 Å². The molecular formula is C19H26FN3O2. The second-order valence-electron chi connectivity index (χ2n) is 6.96. The number of carbonyl (C=O) groups is 2. The van der Waals surface area contributed by atoms with Gasteiger partial charge in [0.25, 0.3) is 5.91 Å². The number of likely N-dealkylation sites (tertiary alicyclic amines) is 2. The van der Waals surface area contributed by atoms with Crippen LogP contribution in [0.25, 0.3) is 0 Å². The third-order valence-corrected chi connectivity index (χ3v) is 5.04. The molecule has 1 N–H and O–H groups in total. The van der Waals surface area contributed by atoms with Crippen LogP contribution in [-0.2, 0) is 11.2 Å². The van der Waals surface area contributed by atoms with Crippen molar-refractivity contribution >= 4 is 11.9 Å². The number of piperidine rings is 1. The average molecular weight is 347 g/mol. The molecule has 136 valence electrons. The van der Waals surface area contributed by atoms with Crippen LogP contribution in [0.5, 0.6) is 0 Å². The molecule has 0 radical (unpaired) electrons. The highest BCUT2D eigenvalue weighted by molar-refractivity contribution is 5.87. The Bertz CT molecular complexity index is 604. The summed E-state index contributed by atoms with van der Waals surface area (Å²) in [5.74, 6) is -0.438. The number of urea groups is 1. The number of amides is 3. The van der Waals surface area contributed by atoms with Crippen LogP contribution in [0.1, 0.15) is 31.2 Å². The molecule has 1 aromatic carbocycles. The van der Waals surface area contributed by atoms with Crippen LogP contribution in [-0.4, -0.2) is 60.1 Å². The second kappa shape index (κ2) is 7.85. The minimum Gasteiger partial charge on any atom is -0.340 e. The van der Waals surface area contributed by atoms with Gasteiger partial charge in [-0.3, -0.25) is 4.79 Å². The van der Waals surface area contributed by atoms with E-state index in [-0.39, 0.29) is 19.0 Å². The summed E-state index contributed by atoms with van der Waals surface area (Å²) in [6, 6.07) is 9.61. The van der Waals surface area contributed by atoms with Gasteiger partial charge in [0.15, 0.2) is 0 Å². The SMILES string of the molecule is O=C(NCCc1ccccc1)N1CCCC(F)(C(=O)N2CCCC2)C1. The monoisotopic (exact) mass is 347 g/mol. The van der Waals surface area contributed by atoms with E-state index in [9.17, 15) is 9.59 Å². The van der Waals surface area contributed by atoms with E-state index in [0.717, 1.165) is 24.8 Å². The second-order valence-corrected chi connectivity index (χ2v) is 6.96. The maximum atomic E-state index is 15.2. The minimum atomic E-state index is -1.93. The highest BCUT2D eigenvalue weighted by Gasteiger charge is 2.46. The number of benzene rings is 1. The predicted octanol–water partition coefficient (Wildman–Crippen LogP) is 2.37. The van der Waals surface area contributed by atoms with E-state index >= 15 is 4.39 Å². The first kappa shape index (κ1) is 17.7. The van der Waals surface area contributed by atoms with Crippen LogP contribution in [0, 0.1) is 0 Å². The summed E-state index contributed by atoms with van der Waals surface area (Å²) >= 11 is 0. The van der Waals surface area contributed by atoms with Crippen molar-refractivity contribution in [2.45, 2.75) is 37.8 Å². The third kappa shape index (κ3) is 4.30. The fourth-order valence-corrected chi connectivity index (χ4v) is 3.63. The molecule has 0 saturated carbocycles. The van der Waals surface area contributed by atoms with Gasteiger partial charge in [0, 0.05) is 26.2 Å². The number of nitrogens with one attached hydrogen (secondary N) is 1. The van der Waals surface area contributed by atoms with Crippen LogP contribution >= 0.6 is 0 Å². The van der Waals surface area contributed by atoms with E-state index < -0.39 is 11.6 Å². The molecular weight excluding hydrogens is 321 g/mol. The lowest BCUT2D eigenvalue weighted by Crippen LogP contribution is -2.57. The summed E-state index contributed by atoms with van der Waals surface area (Å²) in [5.41, 5.74) is -0.787. The number of hydrogen-bond donors (Lipinski definition) is 1. The fraction of sp³-hybridized carbons (Fsp3) is 0.579. The molecule has 0 aromatic heterocycles. The molecule has 3 amide bonds. The van der Waals surface area contributed by atoms with E-state index in [1.807, 2.05) is 30.3 Å². The Morgan fingerprint density at radius 2 is 1.72 bits per heavy atom. The molecule has 0 spiro atoms. The first-order chi connectivity index (χ1) is 12.1. The Morgan fingerprint density at radius 1 is 1.04 bits per heavy atom. The zero-order chi connectivity index (χ0) is 17.7. The van der Waals surface area contributed by atoms with Gasteiger partial charge in [-0.1, -0.05) is 30.3 Å². The fourth-order valence-electron chi connectivity index (χ4n) is 3.63. The van der Waals surface area contributed by atoms with Gasteiger partial charge in [-0.25, -0.2) is 9.18 Å². The van der Waals surface area contributed by atoms with Crippen LogP contribution < -0.4 is 5.32 Å². The van der Waals surface area contributed by atoms with Crippen molar-refractivity contribution in [2.75, 3.05) is 32.7 Å². The van der Waals surface area contributed by atoms with E-state index in [4.69, 9.17) is 0 Å². The number of alkyl halides is 1. The minimum absolute atomic E-state index is 0.139. The summed E-state index contributed by atoms with van der Waals surface area (Å²) in [7, 11) is 0. The van der Waals surface area contributed by atoms with Crippen molar-refractivity contribution in [3.8, 4) is 0 Å². The summed E-state index contributed by atoms with van der Waals surface area (Å²) in [6.45, 7) is 2.12. The van der Waals surface area contributed by atoms with Gasteiger partial charge in [-0.2, -0.15) is 0 Å². The van der Waals surface area contributed by atoms with Gasteiger partial charge in [0.2, 0.25) is 5.67 Å². The Balaban J connectivity index is 1.51. The standard InChI is InChI=1S/C19H26FN3O2/c20-19(17(24)22-12-4-5-13-22)10-6-14-23(15-19)18(25)21-11-9-16-7-2-1-3-8-16/h1-3,7-8H,4-6,9-15H2,(H,21,25). The number of hydrogen-bond acceptors (Lipinski definition) is 2. The lowest BCUT2D eigenvalue weighted by molar-refractivity contribution is -0.146. The third-order valence-electron chi connectivity index (χ3n) is 5.04. The summed E-state index contributed by atoms with van der Waals surface area (Å²) < 4.78 is 15.2. The van der Waals surface area contributed by atoms with Crippen LogP contribution in [0.3, 0.4) is 0 Å². The quantitative estimate of drug-likeness (QED) is 0.909. The number of rotatable bonds is 4. The maximum absolute atomic E-state index is 15.2. The Labute approximate surface area is 148 Å². The van der Waals surface area contributed by atoms with E-state index in [0.29, 0.717) is 32.6 Å². The lowest BCUT2D eigenvalue weighted by Gasteiger charge is -2.38. The number of carbonyl (C=O) groups excluding carboxylic acids is 2. The zero-order valence-corrected chi connectivity index (χ0v) is 14.5. The lowest BCUT2D eigenvalue weighted by atomic mass is 9.93. The molecule has 1 aromatic rings. The van der Waals surface area contributed by atoms with Gasteiger partial charge >= 0.3 is 6.03 Å². The molecule has 3 rings (SSSR count). The molecule has 1 unspecified atom stereocenters. The summed E-state index contributed by atoms with van der Waals surface area (Å²) in [6.07, 6.45) is 3.32. The maximum Gasteiger partial charge on any atom is 0.317 e. The molecule has 1 atom stereocenters. The van der Waals surface area contributed by atoms with Crippen molar-refractivity contribution in [1.82, 2.24) is 15.1 Å². The normalized spacial score (nSPS) is 23.6. The first-order valence-electron chi connectivity index (χ1n) is 9.13. The van der Waals surface area contributed by atoms with Crippen LogP contribution in [0.4, 0.5) is 9.18 Å². The molecule has 0 aliphatic carbocycles. The first-order valence-corrected chi connectivity index (χ1v) is 9.13. The smallest absolute Gasteiger partial charge is 0.317 e. The average Bonchev–Trinajstić information content (AvgIpc) is 3.16. The summed E-state index contributed by atoms with van der Waals surface area (Å²) in [4.78, 5) is 27.9. The zero-order valence-electron chi connectivity index (χ0n) is 14.5. The van der Waals surface area contributed by atoms with Crippen molar-refractivity contribution in [2.24, 2.45) is 0 Å². The molecule has 6 heteroatoms. The molecule has 2 heterocycles. The topological polar surface area (TPSA) is 52.7 Å². The highest BCUT2D eigenvalue weighted by Crippen LogP contribution is 2.29. The van der Waals surface area contributed by atoms with E-state index in [1.54, 1.807) is 4.90 Å².